The smallest absolute Gasteiger partial charge is 0.242 e. The Bertz CT molecular complexity index is 715. The predicted octanol–water partition coefficient (Wildman–Crippen LogP) is 2.28. The Hall–Kier alpha value is -2.12. The van der Waals surface area contributed by atoms with Crippen LogP contribution in [0.2, 0.25) is 0 Å². The van der Waals surface area contributed by atoms with Crippen LogP contribution in [0.3, 0.4) is 0 Å². The van der Waals surface area contributed by atoms with Crippen LogP contribution in [0, 0.1) is 6.92 Å². The number of halogens is 1. The van der Waals surface area contributed by atoms with Crippen molar-refractivity contribution in [3.63, 3.8) is 0 Å². The second-order valence-corrected chi connectivity index (χ2v) is 6.44. The lowest BCUT2D eigenvalue weighted by Crippen LogP contribution is -2.42. The van der Waals surface area contributed by atoms with Gasteiger partial charge in [-0.2, -0.15) is 4.98 Å². The molecule has 0 aliphatic carbocycles. The Morgan fingerprint density at radius 1 is 1.31 bits per heavy atom. The molecule has 0 unspecified atom stereocenters. The lowest BCUT2D eigenvalue weighted by Gasteiger charge is -2.30. The van der Waals surface area contributed by atoms with E-state index in [1.165, 1.54) is 6.42 Å². The molecule has 0 atom stereocenters. The number of carbonyl (C=O) groups excluding carboxylic acids is 1. The third-order valence-electron chi connectivity index (χ3n) is 4.42. The Morgan fingerprint density at radius 2 is 2.08 bits per heavy atom. The van der Waals surface area contributed by atoms with Crippen LogP contribution in [0.15, 0.2) is 28.8 Å². The number of aryl methyl sites for hydroxylation is 1. The van der Waals surface area contributed by atoms with E-state index < -0.39 is 0 Å². The lowest BCUT2D eigenvalue weighted by atomic mass is 10.1. The van der Waals surface area contributed by atoms with Gasteiger partial charge < -0.3 is 20.1 Å². The molecule has 26 heavy (non-hydrogen) atoms. The van der Waals surface area contributed by atoms with Gasteiger partial charge in [0.1, 0.15) is 0 Å². The molecule has 1 fully saturated rings. The number of benzene rings is 1. The molecule has 142 valence electrons. The number of nitrogens with zero attached hydrogens (tertiary/aromatic N) is 4. The normalized spacial score (nSPS) is 14.0. The van der Waals surface area contributed by atoms with E-state index >= 15 is 0 Å². The topological polar surface area (TPSA) is 88.5 Å². The molecule has 1 saturated heterocycles. The molecule has 0 saturated carbocycles. The number of likely N-dealkylation sites (tertiary alicyclic amines) is 1. The Morgan fingerprint density at radius 3 is 2.73 bits per heavy atom. The average molecular weight is 380 g/mol. The van der Waals surface area contributed by atoms with E-state index in [0.29, 0.717) is 24.8 Å². The number of carbonyl (C=O) groups is 1. The maximum absolute atomic E-state index is 12.7. The van der Waals surface area contributed by atoms with Crippen LogP contribution in [0.25, 0.3) is 0 Å². The molecule has 2 aromatic rings. The first-order valence-corrected chi connectivity index (χ1v) is 8.76. The van der Waals surface area contributed by atoms with Gasteiger partial charge in [-0.05, 0) is 43.9 Å². The first kappa shape index (κ1) is 20.2. The summed E-state index contributed by atoms with van der Waals surface area (Å²) in [7, 11) is 0. The lowest BCUT2D eigenvalue weighted by molar-refractivity contribution is -0.130. The first-order chi connectivity index (χ1) is 12.2. The number of hydrogen-bond donors (Lipinski definition) is 1. The van der Waals surface area contributed by atoms with E-state index in [-0.39, 0.29) is 24.9 Å². The minimum atomic E-state index is 0. The Balaban J connectivity index is 0.00000243. The third-order valence-corrected chi connectivity index (χ3v) is 4.42. The van der Waals surface area contributed by atoms with Crippen molar-refractivity contribution in [3.05, 3.63) is 41.5 Å². The zero-order valence-corrected chi connectivity index (χ0v) is 15.9. The second kappa shape index (κ2) is 9.54. The molecule has 3 rings (SSSR count). The van der Waals surface area contributed by atoms with Crippen molar-refractivity contribution in [1.82, 2.24) is 15.0 Å². The molecule has 1 amide bonds. The quantitative estimate of drug-likeness (QED) is 0.828. The van der Waals surface area contributed by atoms with Crippen LogP contribution in [0.1, 0.15) is 36.5 Å². The highest BCUT2D eigenvalue weighted by Crippen LogP contribution is 2.19. The van der Waals surface area contributed by atoms with Crippen LogP contribution < -0.4 is 10.6 Å². The van der Waals surface area contributed by atoms with Crippen molar-refractivity contribution in [2.75, 3.05) is 24.5 Å². The highest BCUT2D eigenvalue weighted by Gasteiger charge is 2.21. The standard InChI is InChI=1S/C18H25N5O2.ClH/c1-14-6-5-7-15(10-14)23(12-16-20-17(11-19)25-21-16)13-18(24)22-8-3-2-4-9-22;/h5-7,10H,2-4,8-9,11-13,19H2,1H3;1H. The van der Waals surface area contributed by atoms with Crippen molar-refractivity contribution < 1.29 is 9.32 Å². The number of amides is 1. The minimum Gasteiger partial charge on any atom is -0.355 e. The van der Waals surface area contributed by atoms with Gasteiger partial charge >= 0.3 is 0 Å². The highest BCUT2D eigenvalue weighted by atomic mass is 35.5. The zero-order chi connectivity index (χ0) is 17.6. The minimum absolute atomic E-state index is 0. The molecule has 2 N–H and O–H groups in total. The number of nitrogens with two attached hydrogens (primary N) is 1. The fraction of sp³-hybridized carbons (Fsp3) is 0.500. The summed E-state index contributed by atoms with van der Waals surface area (Å²) >= 11 is 0. The van der Waals surface area contributed by atoms with E-state index in [4.69, 9.17) is 10.3 Å². The summed E-state index contributed by atoms with van der Waals surface area (Å²) in [4.78, 5) is 20.9. The van der Waals surface area contributed by atoms with E-state index in [1.807, 2.05) is 34.9 Å². The molecule has 0 bridgehead atoms. The summed E-state index contributed by atoms with van der Waals surface area (Å²) in [6.07, 6.45) is 3.37. The van der Waals surface area contributed by atoms with Crippen LogP contribution >= 0.6 is 12.4 Å². The summed E-state index contributed by atoms with van der Waals surface area (Å²) < 4.78 is 5.09. The maximum Gasteiger partial charge on any atom is 0.242 e. The van der Waals surface area contributed by atoms with Crippen molar-refractivity contribution in [2.45, 2.75) is 39.3 Å². The van der Waals surface area contributed by atoms with Gasteiger partial charge in [0.25, 0.3) is 0 Å². The average Bonchev–Trinajstić information content (AvgIpc) is 3.09. The first-order valence-electron chi connectivity index (χ1n) is 8.76. The van der Waals surface area contributed by atoms with Gasteiger partial charge in [0, 0.05) is 18.8 Å². The number of anilines is 1. The summed E-state index contributed by atoms with van der Waals surface area (Å²) in [5.41, 5.74) is 7.65. The maximum atomic E-state index is 12.7. The number of aromatic nitrogens is 2. The monoisotopic (exact) mass is 379 g/mol. The largest absolute Gasteiger partial charge is 0.355 e. The Labute approximate surface area is 159 Å². The predicted molar refractivity (Wildman–Crippen MR) is 102 cm³/mol. The van der Waals surface area contributed by atoms with Crippen molar-refractivity contribution in [2.24, 2.45) is 5.73 Å². The molecule has 1 aromatic carbocycles. The number of rotatable bonds is 6. The molecule has 8 heteroatoms. The van der Waals surface area contributed by atoms with Gasteiger partial charge in [-0.1, -0.05) is 17.3 Å². The van der Waals surface area contributed by atoms with E-state index in [0.717, 1.165) is 37.2 Å². The molecule has 0 spiro atoms. The van der Waals surface area contributed by atoms with Crippen molar-refractivity contribution >= 4 is 24.0 Å². The van der Waals surface area contributed by atoms with Gasteiger partial charge in [-0.3, -0.25) is 4.79 Å². The van der Waals surface area contributed by atoms with Crippen molar-refractivity contribution in [3.8, 4) is 0 Å². The SMILES string of the molecule is Cc1cccc(N(CC(=O)N2CCCCC2)Cc2noc(CN)n2)c1.Cl. The molecule has 2 heterocycles. The molecular weight excluding hydrogens is 354 g/mol. The zero-order valence-electron chi connectivity index (χ0n) is 15.1. The van der Waals surface area contributed by atoms with E-state index in [9.17, 15) is 4.79 Å². The summed E-state index contributed by atoms with van der Waals surface area (Å²) in [6.45, 7) is 4.65. The van der Waals surface area contributed by atoms with Crippen LogP contribution in [0.4, 0.5) is 5.69 Å². The van der Waals surface area contributed by atoms with Crippen LogP contribution in [0.5, 0.6) is 0 Å². The van der Waals surface area contributed by atoms with Crippen LogP contribution in [-0.2, 0) is 17.9 Å². The molecular formula is C18H26ClN5O2. The van der Waals surface area contributed by atoms with Gasteiger partial charge in [0.15, 0.2) is 5.82 Å². The van der Waals surface area contributed by atoms with E-state index in [2.05, 4.69) is 16.2 Å². The third kappa shape index (κ3) is 5.19. The molecule has 1 aliphatic rings. The van der Waals surface area contributed by atoms with Gasteiger partial charge in [0.2, 0.25) is 11.8 Å². The summed E-state index contributed by atoms with van der Waals surface area (Å²) in [5.74, 6) is 1.08. The Kier molecular flexibility index (Phi) is 7.41. The number of hydrogen-bond acceptors (Lipinski definition) is 6. The fourth-order valence-corrected chi connectivity index (χ4v) is 3.08. The molecule has 1 aromatic heterocycles. The summed E-state index contributed by atoms with van der Waals surface area (Å²) in [5, 5.41) is 3.96. The second-order valence-electron chi connectivity index (χ2n) is 6.44. The molecule has 1 aliphatic heterocycles. The van der Waals surface area contributed by atoms with Crippen LogP contribution in [-0.4, -0.2) is 40.6 Å². The molecule has 7 nitrogen and oxygen atoms in total. The van der Waals surface area contributed by atoms with Gasteiger partial charge in [-0.25, -0.2) is 0 Å². The number of piperidine rings is 1. The van der Waals surface area contributed by atoms with Crippen molar-refractivity contribution in [1.29, 1.82) is 0 Å². The highest BCUT2D eigenvalue weighted by molar-refractivity contribution is 5.85. The fourth-order valence-electron chi connectivity index (χ4n) is 3.08. The van der Waals surface area contributed by atoms with Gasteiger partial charge in [0.05, 0.1) is 19.6 Å². The molecule has 0 radical (unpaired) electrons. The van der Waals surface area contributed by atoms with Gasteiger partial charge in [-0.15, -0.1) is 12.4 Å². The summed E-state index contributed by atoms with van der Waals surface area (Å²) in [6, 6.07) is 8.09. The van der Waals surface area contributed by atoms with E-state index in [1.54, 1.807) is 0 Å².